The molecule has 7 heteroatoms. The number of aliphatic carboxylic acids is 1. The van der Waals surface area contributed by atoms with Gasteiger partial charge in [-0.1, -0.05) is 36.4 Å². The van der Waals surface area contributed by atoms with Gasteiger partial charge in [-0.2, -0.15) is 0 Å². The van der Waals surface area contributed by atoms with Crippen molar-refractivity contribution in [1.29, 1.82) is 0 Å². The molecule has 0 saturated carbocycles. The van der Waals surface area contributed by atoms with Gasteiger partial charge in [0.2, 0.25) is 5.91 Å². The number of amides is 1. The molecular formula is C30H30FNO5. The Morgan fingerprint density at radius 1 is 1.11 bits per heavy atom. The summed E-state index contributed by atoms with van der Waals surface area (Å²) in [6.45, 7) is 4.10. The lowest BCUT2D eigenvalue weighted by molar-refractivity contribution is -0.136. The third kappa shape index (κ3) is 5.23. The largest absolute Gasteiger partial charge is 0.493 e. The summed E-state index contributed by atoms with van der Waals surface area (Å²) < 4.78 is 26.5. The SMILES string of the molecule is CCOc1ccc(CC(=O)O)cc1-c1ccc(F)c2c1CN(C(=O)C[C@H]1COCc3ccccc31)CC2. The molecule has 0 aliphatic carbocycles. The average molecular weight is 504 g/mol. The van der Waals surface area contributed by atoms with Crippen LogP contribution in [0.15, 0.2) is 54.6 Å². The molecule has 0 bridgehead atoms. The number of hydrogen-bond acceptors (Lipinski definition) is 4. The highest BCUT2D eigenvalue weighted by Crippen LogP contribution is 2.38. The van der Waals surface area contributed by atoms with Crippen LogP contribution in [-0.4, -0.2) is 41.6 Å². The fourth-order valence-corrected chi connectivity index (χ4v) is 5.42. The molecule has 0 radical (unpaired) electrons. The molecule has 1 N–H and O–H groups in total. The van der Waals surface area contributed by atoms with Crippen LogP contribution in [0.5, 0.6) is 5.75 Å². The van der Waals surface area contributed by atoms with E-state index < -0.39 is 5.97 Å². The summed E-state index contributed by atoms with van der Waals surface area (Å²) >= 11 is 0. The monoisotopic (exact) mass is 503 g/mol. The molecule has 0 unspecified atom stereocenters. The predicted molar refractivity (Wildman–Crippen MR) is 137 cm³/mol. The first-order chi connectivity index (χ1) is 17.9. The Hall–Kier alpha value is -3.71. The van der Waals surface area contributed by atoms with Gasteiger partial charge >= 0.3 is 5.97 Å². The van der Waals surface area contributed by atoms with Crippen LogP contribution in [0.2, 0.25) is 0 Å². The van der Waals surface area contributed by atoms with E-state index in [1.54, 1.807) is 29.2 Å². The van der Waals surface area contributed by atoms with Gasteiger partial charge in [0.05, 0.1) is 26.2 Å². The molecule has 1 amide bonds. The van der Waals surface area contributed by atoms with E-state index in [2.05, 4.69) is 6.07 Å². The maximum absolute atomic E-state index is 14.9. The first-order valence-corrected chi connectivity index (χ1v) is 12.7. The summed E-state index contributed by atoms with van der Waals surface area (Å²) in [6, 6.07) is 16.5. The molecule has 0 saturated heterocycles. The van der Waals surface area contributed by atoms with Crippen molar-refractivity contribution < 1.29 is 28.6 Å². The van der Waals surface area contributed by atoms with Crippen LogP contribution < -0.4 is 4.74 Å². The number of carbonyl (C=O) groups excluding carboxylic acids is 1. The Balaban J connectivity index is 1.45. The molecule has 3 aromatic carbocycles. The molecule has 37 heavy (non-hydrogen) atoms. The second-order valence-electron chi connectivity index (χ2n) is 9.57. The number of nitrogens with zero attached hydrogens (tertiary/aromatic N) is 1. The average Bonchev–Trinajstić information content (AvgIpc) is 2.90. The standard InChI is InChI=1S/C30H30FNO5/c1-2-37-28-10-7-19(14-30(34)35)13-25(28)23-8-9-27(31)24-11-12-32(16-26(23)24)29(33)15-21-18-36-17-20-5-3-4-6-22(20)21/h3-10,13,21H,2,11-12,14-18H2,1H3,(H,34,35)/t21-/m0/s1. The zero-order chi connectivity index (χ0) is 25.9. The Morgan fingerprint density at radius 3 is 2.76 bits per heavy atom. The smallest absolute Gasteiger partial charge is 0.307 e. The van der Waals surface area contributed by atoms with E-state index in [4.69, 9.17) is 9.47 Å². The minimum Gasteiger partial charge on any atom is -0.493 e. The van der Waals surface area contributed by atoms with E-state index in [1.165, 1.54) is 6.07 Å². The fraction of sp³-hybridized carbons (Fsp3) is 0.333. The number of hydrogen-bond donors (Lipinski definition) is 1. The van der Waals surface area contributed by atoms with E-state index in [0.717, 1.165) is 22.3 Å². The number of carboxylic acids is 1. The zero-order valence-electron chi connectivity index (χ0n) is 20.8. The quantitative estimate of drug-likeness (QED) is 0.485. The predicted octanol–water partition coefficient (Wildman–Crippen LogP) is 5.11. The lowest BCUT2D eigenvalue weighted by Crippen LogP contribution is -2.38. The number of rotatable bonds is 7. The summed E-state index contributed by atoms with van der Waals surface area (Å²) in [5.41, 5.74) is 5.71. The molecule has 2 aliphatic heterocycles. The number of halogens is 1. The summed E-state index contributed by atoms with van der Waals surface area (Å²) in [7, 11) is 0. The minimum absolute atomic E-state index is 0.0100. The van der Waals surface area contributed by atoms with Crippen molar-refractivity contribution in [3.05, 3.63) is 88.2 Å². The van der Waals surface area contributed by atoms with Crippen molar-refractivity contribution in [2.24, 2.45) is 0 Å². The molecular weight excluding hydrogens is 473 g/mol. The van der Waals surface area contributed by atoms with Gasteiger partial charge in [-0.25, -0.2) is 4.39 Å². The zero-order valence-corrected chi connectivity index (χ0v) is 20.8. The third-order valence-corrected chi connectivity index (χ3v) is 7.19. The van der Waals surface area contributed by atoms with Crippen LogP contribution in [-0.2, 0) is 40.3 Å². The molecule has 2 aliphatic rings. The number of carboxylic acid groups (broad SMARTS) is 1. The number of ether oxygens (including phenoxy) is 2. The molecule has 0 spiro atoms. The van der Waals surface area contributed by atoms with Gasteiger partial charge in [0, 0.05) is 31.0 Å². The maximum atomic E-state index is 14.9. The minimum atomic E-state index is -0.929. The Kier molecular flexibility index (Phi) is 7.24. The Bertz CT molecular complexity index is 1340. The van der Waals surface area contributed by atoms with Gasteiger partial charge in [0.15, 0.2) is 0 Å². The summed E-state index contributed by atoms with van der Waals surface area (Å²) in [6.07, 6.45) is 0.616. The Labute approximate surface area is 215 Å². The van der Waals surface area contributed by atoms with E-state index in [0.29, 0.717) is 61.6 Å². The van der Waals surface area contributed by atoms with E-state index >= 15 is 0 Å². The fourth-order valence-electron chi connectivity index (χ4n) is 5.42. The second kappa shape index (κ2) is 10.7. The van der Waals surface area contributed by atoms with Crippen LogP contribution in [0.4, 0.5) is 4.39 Å². The van der Waals surface area contributed by atoms with Crippen molar-refractivity contribution in [3.63, 3.8) is 0 Å². The Morgan fingerprint density at radius 2 is 1.95 bits per heavy atom. The lowest BCUT2D eigenvalue weighted by Gasteiger charge is -2.33. The highest BCUT2D eigenvalue weighted by molar-refractivity contribution is 5.80. The second-order valence-corrected chi connectivity index (χ2v) is 9.57. The highest BCUT2D eigenvalue weighted by atomic mass is 19.1. The molecule has 5 rings (SSSR count). The van der Waals surface area contributed by atoms with E-state index in [9.17, 15) is 19.1 Å². The van der Waals surface area contributed by atoms with Crippen molar-refractivity contribution in [2.75, 3.05) is 19.8 Å². The number of benzene rings is 3. The summed E-state index contributed by atoms with van der Waals surface area (Å²) in [4.78, 5) is 26.6. The summed E-state index contributed by atoms with van der Waals surface area (Å²) in [5.74, 6) is -0.620. The van der Waals surface area contributed by atoms with Crippen LogP contribution in [0.25, 0.3) is 11.1 Å². The van der Waals surface area contributed by atoms with E-state index in [-0.39, 0.29) is 30.6 Å². The van der Waals surface area contributed by atoms with Gasteiger partial charge in [0.25, 0.3) is 0 Å². The number of carbonyl (C=O) groups is 2. The molecule has 3 aromatic rings. The molecule has 192 valence electrons. The van der Waals surface area contributed by atoms with Gasteiger partial charge in [-0.05, 0) is 64.9 Å². The van der Waals surface area contributed by atoms with Gasteiger partial charge in [-0.15, -0.1) is 0 Å². The molecule has 6 nitrogen and oxygen atoms in total. The first-order valence-electron chi connectivity index (χ1n) is 12.7. The normalized spacial score (nSPS) is 16.6. The molecule has 1 atom stereocenters. The van der Waals surface area contributed by atoms with Crippen LogP contribution in [0.1, 0.15) is 47.1 Å². The van der Waals surface area contributed by atoms with Gasteiger partial charge in [0.1, 0.15) is 11.6 Å². The van der Waals surface area contributed by atoms with Crippen molar-refractivity contribution in [2.45, 2.75) is 45.3 Å². The van der Waals surface area contributed by atoms with Gasteiger partial charge < -0.3 is 19.5 Å². The molecule has 2 heterocycles. The van der Waals surface area contributed by atoms with Crippen LogP contribution >= 0.6 is 0 Å². The van der Waals surface area contributed by atoms with Crippen molar-refractivity contribution in [1.82, 2.24) is 4.90 Å². The maximum Gasteiger partial charge on any atom is 0.307 e. The van der Waals surface area contributed by atoms with Gasteiger partial charge in [-0.3, -0.25) is 9.59 Å². The lowest BCUT2D eigenvalue weighted by atomic mass is 9.88. The molecule has 0 aromatic heterocycles. The van der Waals surface area contributed by atoms with Crippen LogP contribution in [0, 0.1) is 5.82 Å². The topological polar surface area (TPSA) is 76.1 Å². The third-order valence-electron chi connectivity index (χ3n) is 7.19. The van der Waals surface area contributed by atoms with Crippen molar-refractivity contribution >= 4 is 11.9 Å². The van der Waals surface area contributed by atoms with Crippen molar-refractivity contribution in [3.8, 4) is 16.9 Å². The highest BCUT2D eigenvalue weighted by Gasteiger charge is 2.30. The molecule has 0 fully saturated rings. The van der Waals surface area contributed by atoms with E-state index in [1.807, 2.05) is 25.1 Å². The van der Waals surface area contributed by atoms with Crippen LogP contribution in [0.3, 0.4) is 0 Å². The first kappa shape index (κ1) is 25.0. The number of fused-ring (bicyclic) bond motifs is 2. The summed E-state index contributed by atoms with van der Waals surface area (Å²) in [5, 5.41) is 9.29.